The lowest BCUT2D eigenvalue weighted by atomic mass is 9.92. The lowest BCUT2D eigenvalue weighted by molar-refractivity contribution is -0.142. The predicted molar refractivity (Wildman–Crippen MR) is 107 cm³/mol. The van der Waals surface area contributed by atoms with E-state index in [0.29, 0.717) is 29.6 Å². The summed E-state index contributed by atoms with van der Waals surface area (Å²) in [6.45, 7) is 7.33. The van der Waals surface area contributed by atoms with Crippen molar-refractivity contribution in [1.82, 2.24) is 10.2 Å². The van der Waals surface area contributed by atoms with Gasteiger partial charge in [0.05, 0.1) is 10.0 Å². The molecule has 2 rings (SSSR count). The molecule has 27 heavy (non-hydrogen) atoms. The molecule has 1 fully saturated rings. The molecule has 1 saturated heterocycles. The van der Waals surface area contributed by atoms with E-state index in [1.54, 1.807) is 12.1 Å². The van der Waals surface area contributed by atoms with Crippen LogP contribution in [-0.4, -0.2) is 42.1 Å². The van der Waals surface area contributed by atoms with Crippen LogP contribution in [-0.2, 0) is 20.8 Å². The second kappa shape index (κ2) is 9.07. The van der Waals surface area contributed by atoms with Crippen LogP contribution in [0.4, 0.5) is 0 Å². The van der Waals surface area contributed by atoms with Gasteiger partial charge in [0.1, 0.15) is 5.92 Å². The molecule has 1 aromatic rings. The number of amides is 2. The Kier molecular flexibility index (Phi) is 7.29. The van der Waals surface area contributed by atoms with Gasteiger partial charge in [0.2, 0.25) is 11.7 Å². The summed E-state index contributed by atoms with van der Waals surface area (Å²) in [5.74, 6) is -2.43. The van der Waals surface area contributed by atoms with Gasteiger partial charge >= 0.3 is 0 Å². The maximum Gasteiger partial charge on any atom is 0.290 e. The molecule has 148 valence electrons. The molecule has 1 aliphatic rings. The number of hydrogen-bond donors (Lipinski definition) is 1. The van der Waals surface area contributed by atoms with E-state index >= 15 is 0 Å². The van der Waals surface area contributed by atoms with E-state index < -0.39 is 17.6 Å². The quantitative estimate of drug-likeness (QED) is 0.423. The van der Waals surface area contributed by atoms with Crippen molar-refractivity contribution in [2.75, 3.05) is 19.6 Å². The molecule has 0 aromatic heterocycles. The zero-order valence-electron chi connectivity index (χ0n) is 16.0. The number of aryl methyl sites for hydroxylation is 1. The van der Waals surface area contributed by atoms with Crippen LogP contribution in [0.2, 0.25) is 10.0 Å². The Balaban J connectivity index is 1.79. The van der Waals surface area contributed by atoms with E-state index in [1.807, 2.05) is 6.07 Å². The van der Waals surface area contributed by atoms with Crippen molar-refractivity contribution in [1.29, 1.82) is 0 Å². The normalized spacial score (nSPS) is 17.5. The standard InChI is InChI=1S/C20H26Cl2N2O3/c1-20(2,3)8-10-24-12-14(17(25)19(24)27)18(26)23-9-4-5-13-6-7-15(21)16(22)11-13/h6-7,11,14H,4-5,8-10,12H2,1-3H3,(H,23,26). The topological polar surface area (TPSA) is 66.5 Å². The molecule has 0 spiro atoms. The van der Waals surface area contributed by atoms with E-state index in [0.717, 1.165) is 18.4 Å². The minimum atomic E-state index is -0.901. The molecule has 1 aromatic carbocycles. The molecule has 0 bridgehead atoms. The van der Waals surface area contributed by atoms with Crippen molar-refractivity contribution in [3.63, 3.8) is 0 Å². The summed E-state index contributed by atoms with van der Waals surface area (Å²) in [5, 5.41) is 3.78. The van der Waals surface area contributed by atoms with Gasteiger partial charge < -0.3 is 10.2 Å². The van der Waals surface area contributed by atoms with Crippen molar-refractivity contribution in [2.45, 2.75) is 40.0 Å². The maximum absolute atomic E-state index is 12.3. The Hall–Kier alpha value is -1.59. The zero-order chi connectivity index (χ0) is 20.2. The van der Waals surface area contributed by atoms with Crippen LogP contribution in [0.5, 0.6) is 0 Å². The van der Waals surface area contributed by atoms with Gasteiger partial charge in [-0.1, -0.05) is 50.0 Å². The number of carbonyl (C=O) groups is 3. The lowest BCUT2D eigenvalue weighted by Crippen LogP contribution is -2.36. The molecule has 0 aliphatic carbocycles. The Labute approximate surface area is 170 Å². The summed E-state index contributed by atoms with van der Waals surface area (Å²) in [4.78, 5) is 38.0. The number of rotatable bonds is 7. The molecule has 1 N–H and O–H groups in total. The smallest absolute Gasteiger partial charge is 0.290 e. The number of carbonyl (C=O) groups excluding carboxylic acids is 3. The van der Waals surface area contributed by atoms with Gasteiger partial charge in [-0.15, -0.1) is 0 Å². The van der Waals surface area contributed by atoms with Crippen molar-refractivity contribution in [3.05, 3.63) is 33.8 Å². The van der Waals surface area contributed by atoms with Crippen LogP contribution < -0.4 is 5.32 Å². The van der Waals surface area contributed by atoms with Gasteiger partial charge in [-0.05, 0) is 42.4 Å². The minimum absolute atomic E-state index is 0.0637. The zero-order valence-corrected chi connectivity index (χ0v) is 17.5. The lowest BCUT2D eigenvalue weighted by Gasteiger charge is -2.22. The van der Waals surface area contributed by atoms with E-state index in [-0.39, 0.29) is 17.9 Å². The molecule has 7 heteroatoms. The molecule has 1 unspecified atom stereocenters. The first kappa shape index (κ1) is 21.7. The highest BCUT2D eigenvalue weighted by molar-refractivity contribution is 6.42. The average molecular weight is 413 g/mol. The second-order valence-electron chi connectivity index (χ2n) is 8.12. The van der Waals surface area contributed by atoms with Gasteiger partial charge in [-0.3, -0.25) is 14.4 Å². The third-order valence-electron chi connectivity index (χ3n) is 4.59. The molecule has 1 aliphatic heterocycles. The number of hydrogen-bond acceptors (Lipinski definition) is 3. The maximum atomic E-state index is 12.3. The first-order chi connectivity index (χ1) is 12.6. The summed E-state index contributed by atoms with van der Waals surface area (Å²) in [5.41, 5.74) is 1.09. The van der Waals surface area contributed by atoms with Gasteiger partial charge in [-0.2, -0.15) is 0 Å². The first-order valence-corrected chi connectivity index (χ1v) is 9.89. The molecule has 1 heterocycles. The number of Topliss-reactive ketones (excluding diaryl/α,β-unsaturated/α-hetero) is 1. The fourth-order valence-electron chi connectivity index (χ4n) is 2.88. The van der Waals surface area contributed by atoms with E-state index in [4.69, 9.17) is 23.2 Å². The molecule has 2 amide bonds. The van der Waals surface area contributed by atoms with Gasteiger partial charge in [-0.25, -0.2) is 0 Å². The van der Waals surface area contributed by atoms with Crippen molar-refractivity contribution in [2.24, 2.45) is 11.3 Å². The SMILES string of the molecule is CC(C)(C)CCN1CC(C(=O)NCCCc2ccc(Cl)c(Cl)c2)C(=O)C1=O. The fourth-order valence-corrected chi connectivity index (χ4v) is 3.20. The summed E-state index contributed by atoms with van der Waals surface area (Å²) >= 11 is 11.9. The highest BCUT2D eigenvalue weighted by Crippen LogP contribution is 2.23. The average Bonchev–Trinajstić information content (AvgIpc) is 2.87. The molecular formula is C20H26Cl2N2O3. The first-order valence-electron chi connectivity index (χ1n) is 9.13. The summed E-state index contributed by atoms with van der Waals surface area (Å²) < 4.78 is 0. The molecule has 1 atom stereocenters. The van der Waals surface area contributed by atoms with E-state index in [2.05, 4.69) is 26.1 Å². The van der Waals surface area contributed by atoms with Gasteiger partial charge in [0.15, 0.2) is 0 Å². The number of likely N-dealkylation sites (tertiary alicyclic amines) is 1. The van der Waals surface area contributed by atoms with E-state index in [9.17, 15) is 14.4 Å². The summed E-state index contributed by atoms with van der Waals surface area (Å²) in [6.07, 6.45) is 2.21. The van der Waals surface area contributed by atoms with Crippen LogP contribution in [0.25, 0.3) is 0 Å². The highest BCUT2D eigenvalue weighted by atomic mass is 35.5. The number of ketones is 1. The van der Waals surface area contributed by atoms with Gasteiger partial charge in [0, 0.05) is 19.6 Å². The molecule has 0 radical (unpaired) electrons. The van der Waals surface area contributed by atoms with E-state index in [1.165, 1.54) is 4.90 Å². The van der Waals surface area contributed by atoms with Crippen LogP contribution in [0, 0.1) is 11.3 Å². The number of benzene rings is 1. The molecule has 5 nitrogen and oxygen atoms in total. The fraction of sp³-hybridized carbons (Fsp3) is 0.550. The van der Waals surface area contributed by atoms with Crippen molar-refractivity contribution < 1.29 is 14.4 Å². The number of halogens is 2. The number of nitrogens with zero attached hydrogens (tertiary/aromatic N) is 1. The Bertz CT molecular complexity index is 728. The summed E-state index contributed by atoms with van der Waals surface area (Å²) in [7, 11) is 0. The Morgan fingerprint density at radius 3 is 2.56 bits per heavy atom. The second-order valence-corrected chi connectivity index (χ2v) is 8.94. The predicted octanol–water partition coefficient (Wildman–Crippen LogP) is 3.51. The number of nitrogens with one attached hydrogen (secondary N) is 1. The van der Waals surface area contributed by atoms with Crippen LogP contribution in [0.15, 0.2) is 18.2 Å². The third-order valence-corrected chi connectivity index (χ3v) is 5.33. The van der Waals surface area contributed by atoms with Crippen molar-refractivity contribution >= 4 is 40.8 Å². The minimum Gasteiger partial charge on any atom is -0.355 e. The highest BCUT2D eigenvalue weighted by Gasteiger charge is 2.42. The molecular weight excluding hydrogens is 387 g/mol. The van der Waals surface area contributed by atoms with Crippen LogP contribution in [0.1, 0.15) is 39.2 Å². The largest absolute Gasteiger partial charge is 0.355 e. The Morgan fingerprint density at radius 2 is 1.93 bits per heavy atom. The third kappa shape index (κ3) is 6.22. The monoisotopic (exact) mass is 412 g/mol. The van der Waals surface area contributed by atoms with Gasteiger partial charge in [0.25, 0.3) is 5.91 Å². The van der Waals surface area contributed by atoms with Crippen LogP contribution in [0.3, 0.4) is 0 Å². The van der Waals surface area contributed by atoms with Crippen LogP contribution >= 0.6 is 23.2 Å². The molecule has 0 saturated carbocycles. The Morgan fingerprint density at radius 1 is 1.22 bits per heavy atom. The van der Waals surface area contributed by atoms with Crippen molar-refractivity contribution in [3.8, 4) is 0 Å². The summed E-state index contributed by atoms with van der Waals surface area (Å²) in [6, 6.07) is 5.44.